The van der Waals surface area contributed by atoms with Crippen LogP contribution < -0.4 is 14.4 Å². The Morgan fingerprint density at radius 3 is 2.38 bits per heavy atom. The topological polar surface area (TPSA) is 122 Å². The molecule has 0 saturated carbocycles. The molecular weight excluding hydrogens is 518 g/mol. The normalized spacial score (nSPS) is 14.9. The quantitative estimate of drug-likeness (QED) is 0.399. The number of nitrogens with zero attached hydrogens (tertiary/aromatic N) is 2. The van der Waals surface area contributed by atoms with Crippen molar-refractivity contribution in [2.45, 2.75) is 37.7 Å². The van der Waals surface area contributed by atoms with Crippen molar-refractivity contribution in [1.29, 1.82) is 0 Å². The maximum atomic E-state index is 12.8. The molecule has 1 saturated heterocycles. The smallest absolute Gasteiger partial charge is 0.243 e. The van der Waals surface area contributed by atoms with E-state index in [1.54, 1.807) is 0 Å². The van der Waals surface area contributed by atoms with Crippen LogP contribution in [0.2, 0.25) is 0 Å². The molecule has 2 aromatic rings. The van der Waals surface area contributed by atoms with Crippen molar-refractivity contribution >= 4 is 31.6 Å². The fraction of sp³-hybridized carbons (Fsp3) is 0.480. The van der Waals surface area contributed by atoms with E-state index >= 15 is 0 Å². The molecule has 10 nitrogen and oxygen atoms in total. The van der Waals surface area contributed by atoms with E-state index in [1.807, 2.05) is 38.1 Å². The van der Waals surface area contributed by atoms with Gasteiger partial charge >= 0.3 is 0 Å². The lowest BCUT2D eigenvalue weighted by Crippen LogP contribution is -2.41. The fourth-order valence-corrected chi connectivity index (χ4v) is 6.14. The zero-order chi connectivity index (χ0) is 27.1. The monoisotopic (exact) mass is 553 g/mol. The number of sulfonamides is 2. The Balaban J connectivity index is 1.57. The van der Waals surface area contributed by atoms with Crippen LogP contribution in [0.3, 0.4) is 0 Å². The van der Waals surface area contributed by atoms with Gasteiger partial charge in [-0.05, 0) is 68.7 Å². The number of amides is 1. The van der Waals surface area contributed by atoms with E-state index < -0.39 is 32.5 Å². The van der Waals surface area contributed by atoms with Crippen molar-refractivity contribution in [3.8, 4) is 5.75 Å². The van der Waals surface area contributed by atoms with E-state index in [-0.39, 0.29) is 29.8 Å². The summed E-state index contributed by atoms with van der Waals surface area (Å²) in [7, 11) is -7.50. The average molecular weight is 554 g/mol. The average Bonchev–Trinajstić information content (AvgIpc) is 2.85. The molecule has 12 heteroatoms. The second-order valence-electron chi connectivity index (χ2n) is 9.05. The Morgan fingerprint density at radius 1 is 1.08 bits per heavy atom. The molecule has 1 heterocycles. The highest BCUT2D eigenvalue weighted by Crippen LogP contribution is 2.23. The minimum Gasteiger partial charge on any atom is -0.491 e. The van der Waals surface area contributed by atoms with Crippen LogP contribution in [0.25, 0.3) is 0 Å². The van der Waals surface area contributed by atoms with Gasteiger partial charge in [0.25, 0.3) is 0 Å². The summed E-state index contributed by atoms with van der Waals surface area (Å²) in [6.07, 6.45) is 2.48. The minimum atomic E-state index is -3.79. The van der Waals surface area contributed by atoms with Gasteiger partial charge in [-0.15, -0.1) is 0 Å². The Morgan fingerprint density at radius 2 is 1.76 bits per heavy atom. The van der Waals surface area contributed by atoms with Crippen molar-refractivity contribution in [2.75, 3.05) is 50.0 Å². The standard InChI is InChI=1S/C25H35N3O7S2/c1-20(2)35-23-8-4-6-21(18-23)7-5-13-26-25(29)19-28(36(3,30)31)22-9-11-24(12-10-22)37(32,33)27-14-16-34-17-15-27/h4,6,8-12,18,20H,5,7,13-17,19H2,1-3H3,(H,26,29). The van der Waals surface area contributed by atoms with Gasteiger partial charge in [-0.1, -0.05) is 12.1 Å². The van der Waals surface area contributed by atoms with Crippen LogP contribution in [-0.4, -0.2) is 78.8 Å². The second kappa shape index (κ2) is 12.7. The summed E-state index contributed by atoms with van der Waals surface area (Å²) in [5, 5.41) is 2.76. The van der Waals surface area contributed by atoms with Gasteiger partial charge in [0.2, 0.25) is 26.0 Å². The van der Waals surface area contributed by atoms with Gasteiger partial charge < -0.3 is 14.8 Å². The number of aryl methyl sites for hydroxylation is 1. The molecule has 0 bridgehead atoms. The summed E-state index contributed by atoms with van der Waals surface area (Å²) in [5.41, 5.74) is 1.29. The minimum absolute atomic E-state index is 0.0546. The van der Waals surface area contributed by atoms with Crippen molar-refractivity contribution < 1.29 is 31.1 Å². The van der Waals surface area contributed by atoms with Gasteiger partial charge in [0, 0.05) is 19.6 Å². The van der Waals surface area contributed by atoms with Gasteiger partial charge in [0.1, 0.15) is 12.3 Å². The Hall–Kier alpha value is -2.67. The zero-order valence-electron chi connectivity index (χ0n) is 21.4. The Labute approximate surface area is 219 Å². The van der Waals surface area contributed by atoms with E-state index in [0.29, 0.717) is 26.2 Å². The van der Waals surface area contributed by atoms with E-state index in [1.165, 1.54) is 28.6 Å². The number of carbonyl (C=O) groups excluding carboxylic acids is 1. The lowest BCUT2D eigenvalue weighted by molar-refractivity contribution is -0.119. The van der Waals surface area contributed by atoms with Crippen LogP contribution in [-0.2, 0) is 36.0 Å². The van der Waals surface area contributed by atoms with Crippen LogP contribution in [0.4, 0.5) is 5.69 Å². The first-order chi connectivity index (χ1) is 17.5. The summed E-state index contributed by atoms with van der Waals surface area (Å²) in [6, 6.07) is 13.3. The van der Waals surface area contributed by atoms with Gasteiger partial charge in [0.05, 0.1) is 36.2 Å². The zero-order valence-corrected chi connectivity index (χ0v) is 23.1. The first-order valence-corrected chi connectivity index (χ1v) is 15.4. The van der Waals surface area contributed by atoms with E-state index in [4.69, 9.17) is 9.47 Å². The molecule has 0 radical (unpaired) electrons. The highest BCUT2D eigenvalue weighted by molar-refractivity contribution is 7.92. The maximum absolute atomic E-state index is 12.8. The summed E-state index contributed by atoms with van der Waals surface area (Å²) >= 11 is 0. The maximum Gasteiger partial charge on any atom is 0.243 e. The van der Waals surface area contributed by atoms with Gasteiger partial charge in [0.15, 0.2) is 0 Å². The molecule has 1 fully saturated rings. The van der Waals surface area contributed by atoms with E-state index in [2.05, 4.69) is 5.32 Å². The number of ether oxygens (including phenoxy) is 2. The van der Waals surface area contributed by atoms with Gasteiger partial charge in [-0.25, -0.2) is 16.8 Å². The van der Waals surface area contributed by atoms with E-state index in [0.717, 1.165) is 28.3 Å². The number of nitrogens with one attached hydrogen (secondary N) is 1. The fourth-order valence-electron chi connectivity index (χ4n) is 3.87. The lowest BCUT2D eigenvalue weighted by Gasteiger charge is -2.26. The summed E-state index contributed by atoms with van der Waals surface area (Å²) in [5.74, 6) is 0.344. The molecule has 37 heavy (non-hydrogen) atoms. The first kappa shape index (κ1) is 28.9. The highest BCUT2D eigenvalue weighted by atomic mass is 32.2. The number of rotatable bonds is 12. The molecule has 0 unspecified atom stereocenters. The Bertz CT molecular complexity index is 1260. The molecule has 3 rings (SSSR count). The number of carbonyl (C=O) groups is 1. The molecule has 1 aliphatic rings. The van der Waals surface area contributed by atoms with Gasteiger partial charge in [-0.2, -0.15) is 4.31 Å². The molecule has 1 aliphatic heterocycles. The number of benzene rings is 2. The molecule has 0 atom stereocenters. The van der Waals surface area contributed by atoms with E-state index in [9.17, 15) is 21.6 Å². The summed E-state index contributed by atoms with van der Waals surface area (Å²) in [4.78, 5) is 12.6. The molecule has 204 valence electrons. The van der Waals surface area contributed by atoms with Gasteiger partial charge in [-0.3, -0.25) is 9.10 Å². The molecule has 0 aromatic heterocycles. The van der Waals surface area contributed by atoms with Crippen LogP contribution in [0, 0.1) is 0 Å². The van der Waals surface area contributed by atoms with Crippen LogP contribution >= 0.6 is 0 Å². The SMILES string of the molecule is CC(C)Oc1cccc(CCCNC(=O)CN(c2ccc(S(=O)(=O)N3CCOCC3)cc2)S(C)(=O)=O)c1. The highest BCUT2D eigenvalue weighted by Gasteiger charge is 2.27. The predicted octanol–water partition coefficient (Wildman–Crippen LogP) is 2.01. The predicted molar refractivity (Wildman–Crippen MR) is 142 cm³/mol. The molecule has 1 N–H and O–H groups in total. The van der Waals surface area contributed by atoms with Crippen molar-refractivity contribution in [2.24, 2.45) is 0 Å². The third kappa shape index (κ3) is 8.42. The summed E-state index contributed by atoms with van der Waals surface area (Å²) in [6.45, 7) is 5.07. The lowest BCUT2D eigenvalue weighted by atomic mass is 10.1. The molecule has 1 amide bonds. The summed E-state index contributed by atoms with van der Waals surface area (Å²) < 4.78 is 63.7. The van der Waals surface area contributed by atoms with Crippen molar-refractivity contribution in [3.63, 3.8) is 0 Å². The third-order valence-electron chi connectivity index (χ3n) is 5.65. The number of hydrogen-bond donors (Lipinski definition) is 1. The first-order valence-electron chi connectivity index (χ1n) is 12.1. The van der Waals surface area contributed by atoms with Crippen LogP contribution in [0.15, 0.2) is 53.4 Å². The molecule has 2 aromatic carbocycles. The molecular formula is C25H35N3O7S2. The number of hydrogen-bond acceptors (Lipinski definition) is 7. The largest absolute Gasteiger partial charge is 0.491 e. The second-order valence-corrected chi connectivity index (χ2v) is 12.9. The van der Waals surface area contributed by atoms with Crippen molar-refractivity contribution in [1.82, 2.24) is 9.62 Å². The Kier molecular flexibility index (Phi) is 9.93. The van der Waals surface area contributed by atoms with Crippen LogP contribution in [0.5, 0.6) is 5.75 Å². The third-order valence-corrected chi connectivity index (χ3v) is 8.71. The van der Waals surface area contributed by atoms with Crippen molar-refractivity contribution in [3.05, 3.63) is 54.1 Å². The molecule has 0 spiro atoms. The number of morpholine rings is 1. The van der Waals surface area contributed by atoms with Crippen LogP contribution in [0.1, 0.15) is 25.8 Å². The molecule has 0 aliphatic carbocycles. The number of anilines is 1.